The van der Waals surface area contributed by atoms with Crippen LogP contribution in [-0.4, -0.2) is 21.6 Å². The van der Waals surface area contributed by atoms with E-state index in [1.54, 1.807) is 0 Å². The van der Waals surface area contributed by atoms with Crippen molar-refractivity contribution in [1.82, 2.24) is 15.0 Å². The molecule has 0 radical (unpaired) electrons. The van der Waals surface area contributed by atoms with Gasteiger partial charge < -0.3 is 10.5 Å². The Bertz CT molecular complexity index is 599. The molecule has 0 saturated carbocycles. The van der Waals surface area contributed by atoms with E-state index < -0.39 is 5.54 Å². The molecular weight excluding hydrogens is 264 g/mol. The van der Waals surface area contributed by atoms with Gasteiger partial charge in [-0.05, 0) is 44.9 Å². The lowest BCUT2D eigenvalue weighted by Gasteiger charge is -2.13. The highest BCUT2D eigenvalue weighted by Gasteiger charge is 2.18. The van der Waals surface area contributed by atoms with E-state index in [-0.39, 0.29) is 0 Å². The topological polar surface area (TPSA) is 66.0 Å². The number of ether oxygens (including phenoxy) is 1. The van der Waals surface area contributed by atoms with Crippen LogP contribution in [0.5, 0.6) is 5.75 Å². The Morgan fingerprint density at radius 3 is 2.71 bits per heavy atom. The van der Waals surface area contributed by atoms with E-state index in [4.69, 9.17) is 10.5 Å². The van der Waals surface area contributed by atoms with Crippen LogP contribution in [0.25, 0.3) is 0 Å². The number of aryl methyl sites for hydroxylation is 3. The summed E-state index contributed by atoms with van der Waals surface area (Å²) in [7, 11) is 0. The van der Waals surface area contributed by atoms with Gasteiger partial charge in [-0.15, -0.1) is 5.10 Å². The third kappa shape index (κ3) is 4.29. The predicted octanol–water partition coefficient (Wildman–Crippen LogP) is 2.56. The maximum atomic E-state index is 5.99. The fraction of sp³-hybridized carbons (Fsp3) is 0.500. The molecule has 0 aliphatic rings. The number of hydrogen-bond donors (Lipinski definition) is 1. The quantitative estimate of drug-likeness (QED) is 0.830. The molecule has 0 aliphatic heterocycles. The third-order valence-electron chi connectivity index (χ3n) is 3.33. The van der Waals surface area contributed by atoms with Gasteiger partial charge in [-0.2, -0.15) is 0 Å². The van der Waals surface area contributed by atoms with Crippen LogP contribution in [0.1, 0.15) is 37.1 Å². The van der Waals surface area contributed by atoms with Crippen molar-refractivity contribution >= 4 is 0 Å². The molecule has 5 heteroatoms. The van der Waals surface area contributed by atoms with Crippen molar-refractivity contribution in [3.05, 3.63) is 41.2 Å². The summed E-state index contributed by atoms with van der Waals surface area (Å²) in [5.41, 5.74) is 8.71. The minimum Gasteiger partial charge on any atom is -0.493 e. The van der Waals surface area contributed by atoms with Crippen LogP contribution in [0.3, 0.4) is 0 Å². The SMILES string of the molecule is Cc1ccc(C)c(OCCCn2cc(C(C)(C)N)nn2)c1. The Kier molecular flexibility index (Phi) is 4.63. The largest absolute Gasteiger partial charge is 0.493 e. The molecule has 2 rings (SSSR count). The second-order valence-electron chi connectivity index (χ2n) is 6.06. The van der Waals surface area contributed by atoms with E-state index in [9.17, 15) is 0 Å². The van der Waals surface area contributed by atoms with Crippen molar-refractivity contribution in [1.29, 1.82) is 0 Å². The van der Waals surface area contributed by atoms with Crippen molar-refractivity contribution < 1.29 is 4.74 Å². The molecular formula is C16H24N4O. The highest BCUT2D eigenvalue weighted by Crippen LogP contribution is 2.19. The molecule has 0 amide bonds. The zero-order valence-corrected chi connectivity index (χ0v) is 13.3. The zero-order valence-electron chi connectivity index (χ0n) is 13.3. The van der Waals surface area contributed by atoms with Crippen molar-refractivity contribution in [3.8, 4) is 5.75 Å². The molecule has 1 aromatic carbocycles. The van der Waals surface area contributed by atoms with E-state index in [0.717, 1.165) is 30.0 Å². The lowest BCUT2D eigenvalue weighted by atomic mass is 10.0. The minimum absolute atomic E-state index is 0.451. The molecule has 2 N–H and O–H groups in total. The van der Waals surface area contributed by atoms with Gasteiger partial charge in [0.15, 0.2) is 0 Å². The van der Waals surface area contributed by atoms with Crippen LogP contribution < -0.4 is 10.5 Å². The average Bonchev–Trinajstić information content (AvgIpc) is 2.87. The maximum Gasteiger partial charge on any atom is 0.122 e. The third-order valence-corrected chi connectivity index (χ3v) is 3.33. The second-order valence-corrected chi connectivity index (χ2v) is 6.06. The molecule has 2 aromatic rings. The van der Waals surface area contributed by atoms with E-state index in [0.29, 0.717) is 6.61 Å². The molecule has 1 aromatic heterocycles. The molecule has 0 atom stereocenters. The molecule has 0 saturated heterocycles. The van der Waals surface area contributed by atoms with E-state index in [1.807, 2.05) is 24.7 Å². The van der Waals surface area contributed by atoms with Gasteiger partial charge in [0.1, 0.15) is 11.4 Å². The van der Waals surface area contributed by atoms with E-state index >= 15 is 0 Å². The van der Waals surface area contributed by atoms with Gasteiger partial charge in [-0.25, -0.2) is 0 Å². The zero-order chi connectivity index (χ0) is 15.5. The van der Waals surface area contributed by atoms with Crippen LogP contribution in [0.15, 0.2) is 24.4 Å². The van der Waals surface area contributed by atoms with Crippen LogP contribution in [0.2, 0.25) is 0 Å². The van der Waals surface area contributed by atoms with Crippen LogP contribution in [0, 0.1) is 13.8 Å². The molecule has 0 fully saturated rings. The maximum absolute atomic E-state index is 5.99. The number of aromatic nitrogens is 3. The van der Waals surface area contributed by atoms with Crippen molar-refractivity contribution in [2.24, 2.45) is 5.73 Å². The number of benzene rings is 1. The van der Waals surface area contributed by atoms with Crippen LogP contribution in [0.4, 0.5) is 0 Å². The van der Waals surface area contributed by atoms with Crippen molar-refractivity contribution in [2.75, 3.05) is 6.61 Å². The molecule has 114 valence electrons. The standard InChI is InChI=1S/C16H24N4O/c1-12-6-7-13(2)14(10-12)21-9-5-8-20-11-15(18-19-20)16(3,4)17/h6-7,10-11H,5,8-9,17H2,1-4H3. The van der Waals surface area contributed by atoms with Gasteiger partial charge in [0.25, 0.3) is 0 Å². The number of hydrogen-bond acceptors (Lipinski definition) is 4. The number of nitrogens with zero attached hydrogens (tertiary/aromatic N) is 3. The highest BCUT2D eigenvalue weighted by atomic mass is 16.5. The minimum atomic E-state index is -0.451. The van der Waals surface area contributed by atoms with E-state index in [1.165, 1.54) is 5.56 Å². The summed E-state index contributed by atoms with van der Waals surface area (Å²) in [6.07, 6.45) is 2.78. The molecule has 5 nitrogen and oxygen atoms in total. The molecule has 0 aliphatic carbocycles. The first kappa shape index (κ1) is 15.5. The lowest BCUT2D eigenvalue weighted by molar-refractivity contribution is 0.296. The fourth-order valence-corrected chi connectivity index (χ4v) is 1.97. The summed E-state index contributed by atoms with van der Waals surface area (Å²) in [6, 6.07) is 6.24. The Labute approximate surface area is 126 Å². The highest BCUT2D eigenvalue weighted by molar-refractivity contribution is 5.35. The van der Waals surface area contributed by atoms with Gasteiger partial charge in [0, 0.05) is 13.0 Å². The Morgan fingerprint density at radius 1 is 1.29 bits per heavy atom. The normalized spacial score (nSPS) is 11.7. The van der Waals surface area contributed by atoms with Gasteiger partial charge in [0.2, 0.25) is 0 Å². The molecule has 0 spiro atoms. The summed E-state index contributed by atoms with van der Waals surface area (Å²) in [5, 5.41) is 8.19. The lowest BCUT2D eigenvalue weighted by Crippen LogP contribution is -2.29. The van der Waals surface area contributed by atoms with Gasteiger partial charge in [-0.1, -0.05) is 17.3 Å². The summed E-state index contributed by atoms with van der Waals surface area (Å²) < 4.78 is 7.64. The summed E-state index contributed by atoms with van der Waals surface area (Å²) in [6.45, 7) is 9.40. The number of rotatable bonds is 6. The Balaban J connectivity index is 1.82. The van der Waals surface area contributed by atoms with Gasteiger partial charge in [-0.3, -0.25) is 4.68 Å². The van der Waals surface area contributed by atoms with E-state index in [2.05, 4.69) is 42.4 Å². The Morgan fingerprint density at radius 2 is 2.05 bits per heavy atom. The predicted molar refractivity (Wildman–Crippen MR) is 83.3 cm³/mol. The summed E-state index contributed by atoms with van der Waals surface area (Å²) in [5.74, 6) is 0.956. The molecule has 1 heterocycles. The van der Waals surface area contributed by atoms with Crippen molar-refractivity contribution in [3.63, 3.8) is 0 Å². The first-order chi connectivity index (χ1) is 9.86. The average molecular weight is 288 g/mol. The van der Waals surface area contributed by atoms with Crippen LogP contribution in [-0.2, 0) is 12.1 Å². The molecule has 0 unspecified atom stereocenters. The number of nitrogens with two attached hydrogens (primary N) is 1. The monoisotopic (exact) mass is 288 g/mol. The fourth-order valence-electron chi connectivity index (χ4n) is 1.97. The summed E-state index contributed by atoms with van der Waals surface area (Å²) >= 11 is 0. The van der Waals surface area contributed by atoms with Gasteiger partial charge in [0.05, 0.1) is 18.3 Å². The second kappa shape index (κ2) is 6.26. The Hall–Kier alpha value is -1.88. The van der Waals surface area contributed by atoms with Crippen molar-refractivity contribution in [2.45, 2.75) is 46.2 Å². The van der Waals surface area contributed by atoms with Gasteiger partial charge >= 0.3 is 0 Å². The summed E-state index contributed by atoms with van der Waals surface area (Å²) in [4.78, 5) is 0. The van der Waals surface area contributed by atoms with Crippen LogP contribution >= 0.6 is 0 Å². The first-order valence-corrected chi connectivity index (χ1v) is 7.26. The molecule has 0 bridgehead atoms. The molecule has 21 heavy (non-hydrogen) atoms. The first-order valence-electron chi connectivity index (χ1n) is 7.26. The smallest absolute Gasteiger partial charge is 0.122 e.